The zero-order chi connectivity index (χ0) is 9.42. The number of aryl methyl sites for hydroxylation is 1. The Morgan fingerprint density at radius 1 is 1.46 bits per heavy atom. The van der Waals surface area contributed by atoms with E-state index in [4.69, 9.17) is 5.73 Å². The Labute approximate surface area is 75.6 Å². The molecule has 2 aromatic rings. The zero-order valence-electron chi connectivity index (χ0n) is 7.39. The Morgan fingerprint density at radius 2 is 2.23 bits per heavy atom. The van der Waals surface area contributed by atoms with Gasteiger partial charge in [0, 0.05) is 23.1 Å². The lowest BCUT2D eigenvalue weighted by atomic mass is 10.1. The third-order valence-corrected chi connectivity index (χ3v) is 2.29. The monoisotopic (exact) mass is 178 g/mol. The number of H-pyrrole nitrogens is 1. The van der Waals surface area contributed by atoms with Crippen LogP contribution in [0.2, 0.25) is 0 Å². The number of nitrogens with one attached hydrogen (secondary N) is 1. The predicted molar refractivity (Wildman–Crippen MR) is 50.9 cm³/mol. The van der Waals surface area contributed by atoms with Crippen molar-refractivity contribution < 1.29 is 4.39 Å². The van der Waals surface area contributed by atoms with Gasteiger partial charge in [-0.15, -0.1) is 0 Å². The molecule has 0 fully saturated rings. The smallest absolute Gasteiger partial charge is 0.125 e. The van der Waals surface area contributed by atoms with Crippen molar-refractivity contribution in [3.05, 3.63) is 35.3 Å². The van der Waals surface area contributed by atoms with Crippen molar-refractivity contribution in [1.82, 2.24) is 4.98 Å². The maximum Gasteiger partial charge on any atom is 0.125 e. The molecule has 68 valence electrons. The Morgan fingerprint density at radius 3 is 2.92 bits per heavy atom. The third-order valence-electron chi connectivity index (χ3n) is 2.29. The molecule has 0 unspecified atom stereocenters. The summed E-state index contributed by atoms with van der Waals surface area (Å²) in [7, 11) is 0. The number of rotatable bonds is 1. The number of nitrogens with two attached hydrogens (primary N) is 1. The summed E-state index contributed by atoms with van der Waals surface area (Å²) < 4.78 is 12.8. The molecule has 0 bridgehead atoms. The van der Waals surface area contributed by atoms with Crippen LogP contribution in [-0.4, -0.2) is 4.98 Å². The molecule has 1 aromatic carbocycles. The lowest BCUT2D eigenvalue weighted by Crippen LogP contribution is -1.96. The maximum atomic E-state index is 12.8. The number of hydrogen-bond acceptors (Lipinski definition) is 1. The van der Waals surface area contributed by atoms with E-state index in [9.17, 15) is 4.39 Å². The first-order valence-corrected chi connectivity index (χ1v) is 4.19. The fourth-order valence-electron chi connectivity index (χ4n) is 1.63. The molecular formula is C10H11FN2. The van der Waals surface area contributed by atoms with Crippen molar-refractivity contribution in [2.75, 3.05) is 0 Å². The maximum absolute atomic E-state index is 12.8. The zero-order valence-corrected chi connectivity index (χ0v) is 7.39. The van der Waals surface area contributed by atoms with E-state index in [0.717, 1.165) is 22.2 Å². The fraction of sp³-hybridized carbons (Fsp3) is 0.200. The summed E-state index contributed by atoms with van der Waals surface area (Å²) in [6.07, 6.45) is 0. The van der Waals surface area contributed by atoms with Crippen molar-refractivity contribution in [2.24, 2.45) is 5.73 Å². The van der Waals surface area contributed by atoms with Crippen LogP contribution >= 0.6 is 0 Å². The molecule has 0 saturated heterocycles. The van der Waals surface area contributed by atoms with Gasteiger partial charge in [0.1, 0.15) is 5.82 Å². The largest absolute Gasteiger partial charge is 0.358 e. The first-order chi connectivity index (χ1) is 6.22. The van der Waals surface area contributed by atoms with E-state index in [-0.39, 0.29) is 5.82 Å². The minimum Gasteiger partial charge on any atom is -0.358 e. The summed E-state index contributed by atoms with van der Waals surface area (Å²) in [5.74, 6) is -0.225. The van der Waals surface area contributed by atoms with Gasteiger partial charge in [-0.3, -0.25) is 0 Å². The molecule has 0 aliphatic rings. The summed E-state index contributed by atoms with van der Waals surface area (Å²) in [5.41, 5.74) is 8.48. The van der Waals surface area contributed by atoms with Gasteiger partial charge in [0.25, 0.3) is 0 Å². The summed E-state index contributed by atoms with van der Waals surface area (Å²) in [4.78, 5) is 3.10. The van der Waals surface area contributed by atoms with Gasteiger partial charge in [0.05, 0.1) is 0 Å². The van der Waals surface area contributed by atoms with Crippen LogP contribution in [0.25, 0.3) is 10.9 Å². The average Bonchev–Trinajstić information content (AvgIpc) is 2.39. The highest BCUT2D eigenvalue weighted by Crippen LogP contribution is 2.21. The lowest BCUT2D eigenvalue weighted by Gasteiger charge is -1.94. The van der Waals surface area contributed by atoms with Crippen LogP contribution in [0, 0.1) is 12.7 Å². The van der Waals surface area contributed by atoms with Gasteiger partial charge < -0.3 is 10.7 Å². The average molecular weight is 178 g/mol. The van der Waals surface area contributed by atoms with E-state index in [1.54, 1.807) is 6.07 Å². The standard InChI is InChI=1S/C10H11FN2/c1-6-9(5-12)8-3-2-7(11)4-10(8)13-6/h2-4,13H,5,12H2,1H3. The normalized spacial score (nSPS) is 11.0. The Kier molecular flexibility index (Phi) is 1.81. The summed E-state index contributed by atoms with van der Waals surface area (Å²) in [5, 5.41) is 1.02. The minimum atomic E-state index is -0.225. The summed E-state index contributed by atoms with van der Waals surface area (Å²) in [6.45, 7) is 2.43. The van der Waals surface area contributed by atoms with Crippen LogP contribution in [0.5, 0.6) is 0 Å². The topological polar surface area (TPSA) is 41.8 Å². The fourth-order valence-corrected chi connectivity index (χ4v) is 1.63. The summed E-state index contributed by atoms with van der Waals surface area (Å²) >= 11 is 0. The molecule has 2 rings (SSSR count). The van der Waals surface area contributed by atoms with Crippen molar-refractivity contribution in [3.63, 3.8) is 0 Å². The molecule has 0 aliphatic heterocycles. The molecule has 0 saturated carbocycles. The first-order valence-electron chi connectivity index (χ1n) is 4.19. The third kappa shape index (κ3) is 1.21. The Balaban J connectivity index is 2.79. The molecule has 1 heterocycles. The summed E-state index contributed by atoms with van der Waals surface area (Å²) in [6, 6.07) is 4.70. The number of aromatic nitrogens is 1. The van der Waals surface area contributed by atoms with Crippen molar-refractivity contribution in [1.29, 1.82) is 0 Å². The predicted octanol–water partition coefficient (Wildman–Crippen LogP) is 2.07. The van der Waals surface area contributed by atoms with Crippen LogP contribution < -0.4 is 5.73 Å². The van der Waals surface area contributed by atoms with Gasteiger partial charge in [-0.25, -0.2) is 4.39 Å². The number of halogens is 1. The molecule has 1 aromatic heterocycles. The van der Waals surface area contributed by atoms with Crippen molar-refractivity contribution in [2.45, 2.75) is 13.5 Å². The number of benzene rings is 1. The highest BCUT2D eigenvalue weighted by atomic mass is 19.1. The van der Waals surface area contributed by atoms with E-state index >= 15 is 0 Å². The van der Waals surface area contributed by atoms with Crippen LogP contribution in [0.15, 0.2) is 18.2 Å². The second-order valence-corrected chi connectivity index (χ2v) is 3.12. The van der Waals surface area contributed by atoms with Gasteiger partial charge in [-0.05, 0) is 30.7 Å². The van der Waals surface area contributed by atoms with Crippen LogP contribution in [-0.2, 0) is 6.54 Å². The molecular weight excluding hydrogens is 167 g/mol. The number of aromatic amines is 1. The molecule has 0 aliphatic carbocycles. The van der Waals surface area contributed by atoms with Gasteiger partial charge >= 0.3 is 0 Å². The van der Waals surface area contributed by atoms with E-state index in [1.165, 1.54) is 12.1 Å². The van der Waals surface area contributed by atoms with E-state index in [0.29, 0.717) is 6.54 Å². The van der Waals surface area contributed by atoms with Crippen LogP contribution in [0.4, 0.5) is 4.39 Å². The van der Waals surface area contributed by atoms with E-state index < -0.39 is 0 Å². The lowest BCUT2D eigenvalue weighted by molar-refractivity contribution is 0.629. The van der Waals surface area contributed by atoms with Crippen molar-refractivity contribution in [3.8, 4) is 0 Å². The van der Waals surface area contributed by atoms with E-state index in [2.05, 4.69) is 4.98 Å². The molecule has 3 N–H and O–H groups in total. The SMILES string of the molecule is Cc1[nH]c2cc(F)ccc2c1CN. The minimum absolute atomic E-state index is 0.225. The second-order valence-electron chi connectivity index (χ2n) is 3.12. The molecule has 2 nitrogen and oxygen atoms in total. The van der Waals surface area contributed by atoms with Gasteiger partial charge in [0.15, 0.2) is 0 Å². The highest BCUT2D eigenvalue weighted by molar-refractivity contribution is 5.84. The molecule has 0 radical (unpaired) electrons. The molecule has 3 heteroatoms. The van der Waals surface area contributed by atoms with E-state index in [1.807, 2.05) is 6.92 Å². The highest BCUT2D eigenvalue weighted by Gasteiger charge is 2.06. The quantitative estimate of drug-likeness (QED) is 0.689. The van der Waals surface area contributed by atoms with Gasteiger partial charge in [-0.2, -0.15) is 0 Å². The molecule has 13 heavy (non-hydrogen) atoms. The van der Waals surface area contributed by atoms with Gasteiger partial charge in [-0.1, -0.05) is 0 Å². The van der Waals surface area contributed by atoms with Gasteiger partial charge in [0.2, 0.25) is 0 Å². The van der Waals surface area contributed by atoms with Crippen LogP contribution in [0.3, 0.4) is 0 Å². The molecule has 0 spiro atoms. The molecule has 0 atom stereocenters. The van der Waals surface area contributed by atoms with Crippen LogP contribution in [0.1, 0.15) is 11.3 Å². The Hall–Kier alpha value is -1.35. The second kappa shape index (κ2) is 2.85. The van der Waals surface area contributed by atoms with Crippen molar-refractivity contribution >= 4 is 10.9 Å². The Bertz CT molecular complexity index is 445. The first kappa shape index (κ1) is 8.26. The number of fused-ring (bicyclic) bond motifs is 1. The molecule has 0 amide bonds. The number of hydrogen-bond donors (Lipinski definition) is 2.